The van der Waals surface area contributed by atoms with E-state index in [9.17, 15) is 9.59 Å². The number of esters is 1. The van der Waals surface area contributed by atoms with E-state index in [0.29, 0.717) is 21.9 Å². The van der Waals surface area contributed by atoms with Crippen LogP contribution in [-0.2, 0) is 16.1 Å². The summed E-state index contributed by atoms with van der Waals surface area (Å²) in [5.74, 6) is -0.111. The lowest BCUT2D eigenvalue weighted by molar-refractivity contribution is -0.144. The van der Waals surface area contributed by atoms with Gasteiger partial charge in [0.1, 0.15) is 12.4 Å². The van der Waals surface area contributed by atoms with Gasteiger partial charge in [-0.3, -0.25) is 14.6 Å². The maximum absolute atomic E-state index is 12.3. The predicted octanol–water partition coefficient (Wildman–Crippen LogP) is 3.76. The first-order valence-corrected chi connectivity index (χ1v) is 7.81. The Bertz CT molecular complexity index is 746. The molecule has 0 amide bonds. The number of aryl methyl sites for hydroxylation is 1. The van der Waals surface area contributed by atoms with Crippen LogP contribution in [0.2, 0.25) is 5.02 Å². The molecule has 2 rings (SSSR count). The molecule has 0 fully saturated rings. The van der Waals surface area contributed by atoms with Crippen molar-refractivity contribution in [3.63, 3.8) is 0 Å². The SMILES string of the molecule is COc1ccc(C)cc1C(=O)CCC(=O)OCc1ccncc1Cl. The van der Waals surface area contributed by atoms with Crippen molar-refractivity contribution < 1.29 is 19.1 Å². The quantitative estimate of drug-likeness (QED) is 0.563. The molecule has 0 saturated carbocycles. The molecule has 126 valence electrons. The molecule has 24 heavy (non-hydrogen) atoms. The second kappa shape index (κ2) is 8.45. The smallest absolute Gasteiger partial charge is 0.306 e. The van der Waals surface area contributed by atoms with Gasteiger partial charge in [-0.1, -0.05) is 23.2 Å². The summed E-state index contributed by atoms with van der Waals surface area (Å²) in [5.41, 5.74) is 2.10. The summed E-state index contributed by atoms with van der Waals surface area (Å²) in [6.07, 6.45) is 3.11. The molecule has 0 bridgehead atoms. The van der Waals surface area contributed by atoms with E-state index < -0.39 is 5.97 Å². The lowest BCUT2D eigenvalue weighted by Crippen LogP contribution is -2.09. The lowest BCUT2D eigenvalue weighted by atomic mass is 10.0. The zero-order chi connectivity index (χ0) is 17.5. The van der Waals surface area contributed by atoms with Gasteiger partial charge in [0.25, 0.3) is 0 Å². The Labute approximate surface area is 145 Å². The summed E-state index contributed by atoms with van der Waals surface area (Å²) in [6.45, 7) is 1.95. The van der Waals surface area contributed by atoms with Crippen LogP contribution in [0.15, 0.2) is 36.7 Å². The topological polar surface area (TPSA) is 65.5 Å². The monoisotopic (exact) mass is 347 g/mol. The van der Waals surface area contributed by atoms with Crippen molar-refractivity contribution in [2.45, 2.75) is 26.4 Å². The molecular formula is C18H18ClNO4. The van der Waals surface area contributed by atoms with Gasteiger partial charge in [-0.15, -0.1) is 0 Å². The maximum Gasteiger partial charge on any atom is 0.306 e. The third-order valence-corrected chi connectivity index (χ3v) is 3.80. The molecule has 5 nitrogen and oxygen atoms in total. The lowest BCUT2D eigenvalue weighted by Gasteiger charge is -2.09. The van der Waals surface area contributed by atoms with Crippen LogP contribution in [-0.4, -0.2) is 23.8 Å². The normalized spacial score (nSPS) is 10.3. The zero-order valence-corrected chi connectivity index (χ0v) is 14.3. The Morgan fingerprint density at radius 3 is 2.71 bits per heavy atom. The summed E-state index contributed by atoms with van der Waals surface area (Å²) < 4.78 is 10.3. The van der Waals surface area contributed by atoms with Crippen molar-refractivity contribution in [3.05, 3.63) is 58.4 Å². The zero-order valence-electron chi connectivity index (χ0n) is 13.5. The molecule has 0 aliphatic carbocycles. The summed E-state index contributed by atoms with van der Waals surface area (Å²) >= 11 is 5.94. The number of nitrogens with zero attached hydrogens (tertiary/aromatic N) is 1. The van der Waals surface area contributed by atoms with E-state index in [0.717, 1.165) is 5.56 Å². The summed E-state index contributed by atoms with van der Waals surface area (Å²) in [7, 11) is 1.51. The van der Waals surface area contributed by atoms with Crippen LogP contribution in [0, 0.1) is 6.92 Å². The molecule has 1 heterocycles. The van der Waals surface area contributed by atoms with Crippen molar-refractivity contribution in [2.75, 3.05) is 7.11 Å². The summed E-state index contributed by atoms with van der Waals surface area (Å²) in [5, 5.41) is 0.436. The minimum atomic E-state index is -0.456. The van der Waals surface area contributed by atoms with Crippen molar-refractivity contribution in [2.24, 2.45) is 0 Å². The molecule has 1 aromatic carbocycles. The number of ether oxygens (including phenoxy) is 2. The minimum Gasteiger partial charge on any atom is -0.496 e. The Kier molecular flexibility index (Phi) is 6.32. The number of Topliss-reactive ketones (excluding diaryl/α,β-unsaturated/α-hetero) is 1. The number of rotatable bonds is 7. The van der Waals surface area contributed by atoms with E-state index in [2.05, 4.69) is 4.98 Å². The van der Waals surface area contributed by atoms with E-state index in [1.54, 1.807) is 24.4 Å². The fraction of sp³-hybridized carbons (Fsp3) is 0.278. The first-order chi connectivity index (χ1) is 11.5. The van der Waals surface area contributed by atoms with E-state index in [4.69, 9.17) is 21.1 Å². The van der Waals surface area contributed by atoms with Crippen molar-refractivity contribution in [3.8, 4) is 5.75 Å². The third kappa shape index (κ3) is 4.80. The van der Waals surface area contributed by atoms with Crippen LogP contribution in [0.25, 0.3) is 0 Å². The van der Waals surface area contributed by atoms with E-state index >= 15 is 0 Å². The Morgan fingerprint density at radius 1 is 1.21 bits per heavy atom. The highest BCUT2D eigenvalue weighted by molar-refractivity contribution is 6.31. The highest BCUT2D eigenvalue weighted by Gasteiger charge is 2.15. The van der Waals surface area contributed by atoms with Gasteiger partial charge in [-0.2, -0.15) is 0 Å². The number of benzene rings is 1. The highest BCUT2D eigenvalue weighted by Crippen LogP contribution is 2.22. The van der Waals surface area contributed by atoms with Crippen LogP contribution in [0.1, 0.15) is 34.3 Å². The molecule has 6 heteroatoms. The molecule has 0 unspecified atom stereocenters. The average molecular weight is 348 g/mol. The standard InChI is InChI=1S/C18H18ClNO4/c1-12-3-5-17(23-2)14(9-12)16(21)4-6-18(22)24-11-13-7-8-20-10-15(13)19/h3,5,7-10H,4,6,11H2,1-2H3. The van der Waals surface area contributed by atoms with Crippen LogP contribution < -0.4 is 4.74 Å². The molecule has 0 radical (unpaired) electrons. The molecule has 1 aromatic heterocycles. The molecule has 0 aliphatic rings. The predicted molar refractivity (Wildman–Crippen MR) is 90.3 cm³/mol. The number of hydrogen-bond donors (Lipinski definition) is 0. The summed E-state index contributed by atoms with van der Waals surface area (Å²) in [4.78, 5) is 28.0. The fourth-order valence-corrected chi connectivity index (χ4v) is 2.32. The molecule has 0 saturated heterocycles. The summed E-state index contributed by atoms with van der Waals surface area (Å²) in [6, 6.07) is 7.04. The van der Waals surface area contributed by atoms with Gasteiger partial charge in [0.15, 0.2) is 5.78 Å². The third-order valence-electron chi connectivity index (χ3n) is 3.46. The first-order valence-electron chi connectivity index (χ1n) is 7.43. The molecular weight excluding hydrogens is 330 g/mol. The molecule has 0 spiro atoms. The molecule has 0 N–H and O–H groups in total. The van der Waals surface area contributed by atoms with Crippen LogP contribution in [0.3, 0.4) is 0 Å². The van der Waals surface area contributed by atoms with Crippen molar-refractivity contribution in [1.29, 1.82) is 0 Å². The van der Waals surface area contributed by atoms with E-state index in [1.807, 2.05) is 13.0 Å². The number of carbonyl (C=O) groups excluding carboxylic acids is 2. The molecule has 0 atom stereocenters. The average Bonchev–Trinajstić information content (AvgIpc) is 2.59. The highest BCUT2D eigenvalue weighted by atomic mass is 35.5. The Balaban J connectivity index is 1.89. The number of halogens is 1. The van der Waals surface area contributed by atoms with Crippen molar-refractivity contribution in [1.82, 2.24) is 4.98 Å². The number of methoxy groups -OCH3 is 1. The second-order valence-electron chi connectivity index (χ2n) is 5.25. The van der Waals surface area contributed by atoms with Crippen LogP contribution >= 0.6 is 11.6 Å². The number of hydrogen-bond acceptors (Lipinski definition) is 5. The van der Waals surface area contributed by atoms with Gasteiger partial charge < -0.3 is 9.47 Å². The number of carbonyl (C=O) groups is 2. The van der Waals surface area contributed by atoms with Crippen LogP contribution in [0.4, 0.5) is 0 Å². The Morgan fingerprint density at radius 2 is 2.00 bits per heavy atom. The maximum atomic E-state index is 12.3. The first kappa shape index (κ1) is 17.9. The number of aromatic nitrogens is 1. The van der Waals surface area contributed by atoms with Crippen LogP contribution in [0.5, 0.6) is 5.75 Å². The minimum absolute atomic E-state index is 0.00136. The molecule has 0 aliphatic heterocycles. The van der Waals surface area contributed by atoms with E-state index in [-0.39, 0.29) is 25.2 Å². The van der Waals surface area contributed by atoms with Crippen molar-refractivity contribution >= 4 is 23.4 Å². The van der Waals surface area contributed by atoms with Gasteiger partial charge in [0.2, 0.25) is 0 Å². The van der Waals surface area contributed by atoms with Gasteiger partial charge in [-0.25, -0.2) is 0 Å². The second-order valence-corrected chi connectivity index (χ2v) is 5.66. The van der Waals surface area contributed by atoms with Gasteiger partial charge >= 0.3 is 5.97 Å². The number of ketones is 1. The number of pyridine rings is 1. The van der Waals surface area contributed by atoms with E-state index in [1.165, 1.54) is 13.3 Å². The largest absolute Gasteiger partial charge is 0.496 e. The van der Waals surface area contributed by atoms with Gasteiger partial charge in [0.05, 0.1) is 24.1 Å². The Hall–Kier alpha value is -2.40. The van der Waals surface area contributed by atoms with Gasteiger partial charge in [0, 0.05) is 24.4 Å². The van der Waals surface area contributed by atoms with Gasteiger partial charge in [-0.05, 0) is 25.1 Å². The molecule has 2 aromatic rings. The fourth-order valence-electron chi connectivity index (χ4n) is 2.14.